The molecule has 0 bridgehead atoms. The van der Waals surface area contributed by atoms with Crippen LogP contribution in [0.2, 0.25) is 0 Å². The van der Waals surface area contributed by atoms with Crippen molar-refractivity contribution in [2.75, 3.05) is 7.11 Å². The number of halogens is 2. The van der Waals surface area contributed by atoms with Gasteiger partial charge in [-0.15, -0.1) is 0 Å². The lowest BCUT2D eigenvalue weighted by Crippen LogP contribution is -2.38. The van der Waals surface area contributed by atoms with Gasteiger partial charge in [0.1, 0.15) is 0 Å². The van der Waals surface area contributed by atoms with Crippen LogP contribution in [-0.4, -0.2) is 16.8 Å². The van der Waals surface area contributed by atoms with Gasteiger partial charge in [-0.2, -0.15) is 0 Å². The first-order valence-electron chi connectivity index (χ1n) is 11.4. The van der Waals surface area contributed by atoms with Crippen LogP contribution in [0.1, 0.15) is 34.7 Å². The molecule has 6 rings (SSSR count). The predicted octanol–water partition coefficient (Wildman–Crippen LogP) is 5.56. The molecule has 5 nitrogen and oxygen atoms in total. The van der Waals surface area contributed by atoms with Gasteiger partial charge in [0.15, 0.2) is 16.3 Å². The standard InChI is InChI=1S/C28H20Br2N2O3S/c1-35-22-13-15(12-21(30)26(22)33)14-23-27(34)32-25(17-6-9-18(29)10-7-17)20-11-8-16-4-2-3-5-19(16)24(20)31-28(32)36-23/h2-7,9-10,12-14,25,33H,8,11H2,1H3/b23-14-/t25-/m1/s1. The maximum absolute atomic E-state index is 13.9. The zero-order chi connectivity index (χ0) is 25.0. The Morgan fingerprint density at radius 3 is 2.67 bits per heavy atom. The van der Waals surface area contributed by atoms with E-state index in [0.717, 1.165) is 39.7 Å². The summed E-state index contributed by atoms with van der Waals surface area (Å²) < 4.78 is 9.19. The Labute approximate surface area is 228 Å². The number of aryl methyl sites for hydroxylation is 1. The van der Waals surface area contributed by atoms with E-state index in [2.05, 4.69) is 62.2 Å². The summed E-state index contributed by atoms with van der Waals surface area (Å²) in [7, 11) is 1.50. The summed E-state index contributed by atoms with van der Waals surface area (Å²) in [5.74, 6) is 0.362. The Morgan fingerprint density at radius 1 is 1.11 bits per heavy atom. The Kier molecular flexibility index (Phi) is 5.98. The number of allylic oxidation sites excluding steroid dienone is 1. The van der Waals surface area contributed by atoms with Crippen molar-refractivity contribution in [3.63, 3.8) is 0 Å². The van der Waals surface area contributed by atoms with Crippen molar-refractivity contribution >= 4 is 55.0 Å². The van der Waals surface area contributed by atoms with E-state index in [-0.39, 0.29) is 17.4 Å². The van der Waals surface area contributed by atoms with E-state index < -0.39 is 0 Å². The van der Waals surface area contributed by atoms with E-state index >= 15 is 0 Å². The van der Waals surface area contributed by atoms with Crippen LogP contribution in [0.15, 0.2) is 85.0 Å². The second kappa shape index (κ2) is 9.18. The second-order valence-electron chi connectivity index (χ2n) is 8.72. The fourth-order valence-corrected chi connectivity index (χ4v) is 6.68. The van der Waals surface area contributed by atoms with Gasteiger partial charge in [-0.05, 0) is 81.4 Å². The molecule has 0 fully saturated rings. The number of rotatable bonds is 3. The summed E-state index contributed by atoms with van der Waals surface area (Å²) in [6, 6.07) is 19.8. The van der Waals surface area contributed by atoms with Crippen LogP contribution >= 0.6 is 43.2 Å². The molecule has 0 amide bonds. The minimum absolute atomic E-state index is 0.0256. The zero-order valence-electron chi connectivity index (χ0n) is 19.2. The molecular formula is C28H20Br2N2O3S. The fraction of sp³-hybridized carbons (Fsp3) is 0.143. The topological polar surface area (TPSA) is 63.8 Å². The van der Waals surface area contributed by atoms with E-state index in [1.807, 2.05) is 28.8 Å². The quantitative estimate of drug-likeness (QED) is 0.325. The molecule has 1 aliphatic heterocycles. The molecule has 0 unspecified atom stereocenters. The SMILES string of the molecule is COc1cc(/C=c2\sc3n(c2=O)[C@H](c2ccc(Br)cc2)C2=C(N=3)c3ccccc3CC2)cc(Br)c1O. The molecule has 0 saturated heterocycles. The number of benzene rings is 3. The molecular weight excluding hydrogens is 604 g/mol. The molecule has 1 N–H and O–H groups in total. The average molecular weight is 624 g/mol. The predicted molar refractivity (Wildman–Crippen MR) is 149 cm³/mol. The van der Waals surface area contributed by atoms with Crippen LogP contribution < -0.4 is 19.6 Å². The van der Waals surface area contributed by atoms with Crippen LogP contribution in [0.25, 0.3) is 11.8 Å². The summed E-state index contributed by atoms with van der Waals surface area (Å²) in [4.78, 5) is 19.6. The van der Waals surface area contributed by atoms with Gasteiger partial charge in [-0.3, -0.25) is 9.36 Å². The Bertz CT molecular complexity index is 1740. The first-order chi connectivity index (χ1) is 17.4. The van der Waals surface area contributed by atoms with E-state index in [4.69, 9.17) is 9.73 Å². The number of nitrogens with zero attached hydrogens (tertiary/aromatic N) is 2. The normalized spacial score (nSPS) is 16.8. The first kappa shape index (κ1) is 23.5. The Balaban J connectivity index is 1.61. The molecule has 1 aliphatic carbocycles. The molecule has 180 valence electrons. The van der Waals surface area contributed by atoms with Crippen LogP contribution in [-0.2, 0) is 6.42 Å². The number of phenols is 1. The van der Waals surface area contributed by atoms with Gasteiger partial charge >= 0.3 is 0 Å². The average Bonchev–Trinajstić information content (AvgIpc) is 3.19. The van der Waals surface area contributed by atoms with Gasteiger partial charge in [-0.25, -0.2) is 4.99 Å². The van der Waals surface area contributed by atoms with Gasteiger partial charge < -0.3 is 9.84 Å². The number of aromatic nitrogens is 1. The minimum Gasteiger partial charge on any atom is -0.503 e. The maximum Gasteiger partial charge on any atom is 0.271 e. The highest BCUT2D eigenvalue weighted by Gasteiger charge is 2.32. The summed E-state index contributed by atoms with van der Waals surface area (Å²) in [5, 5.41) is 10.2. The Morgan fingerprint density at radius 2 is 1.89 bits per heavy atom. The third kappa shape index (κ3) is 3.88. The number of thiazole rings is 1. The fourth-order valence-electron chi connectivity index (χ4n) is 4.95. The highest BCUT2D eigenvalue weighted by atomic mass is 79.9. The minimum atomic E-state index is -0.221. The van der Waals surface area contributed by atoms with Gasteiger partial charge in [0, 0.05) is 10.0 Å². The highest BCUT2D eigenvalue weighted by Crippen LogP contribution is 2.41. The lowest BCUT2D eigenvalue weighted by molar-refractivity contribution is 0.372. The monoisotopic (exact) mass is 622 g/mol. The smallest absolute Gasteiger partial charge is 0.271 e. The zero-order valence-corrected chi connectivity index (χ0v) is 23.2. The first-order valence-corrected chi connectivity index (χ1v) is 13.8. The number of aromatic hydroxyl groups is 1. The summed E-state index contributed by atoms with van der Waals surface area (Å²) in [5.41, 5.74) is 6.30. The molecule has 3 aromatic carbocycles. The number of fused-ring (bicyclic) bond motifs is 3. The Hall–Kier alpha value is -2.94. The van der Waals surface area contributed by atoms with Crippen molar-refractivity contribution < 1.29 is 9.84 Å². The lowest BCUT2D eigenvalue weighted by Gasteiger charge is -2.30. The van der Waals surface area contributed by atoms with E-state index in [0.29, 0.717) is 19.6 Å². The highest BCUT2D eigenvalue weighted by molar-refractivity contribution is 9.10. The van der Waals surface area contributed by atoms with Gasteiger partial charge in [0.05, 0.1) is 27.9 Å². The van der Waals surface area contributed by atoms with E-state index in [1.54, 1.807) is 12.1 Å². The van der Waals surface area contributed by atoms with Crippen LogP contribution in [0, 0.1) is 0 Å². The molecule has 0 spiro atoms. The van der Waals surface area contributed by atoms with Crippen molar-refractivity contribution in [1.82, 2.24) is 4.57 Å². The molecule has 1 aromatic heterocycles. The number of hydrogen-bond acceptors (Lipinski definition) is 5. The number of phenolic OH excluding ortho intramolecular Hbond substituents is 1. The number of hydrogen-bond donors (Lipinski definition) is 1. The van der Waals surface area contributed by atoms with E-state index in [9.17, 15) is 9.90 Å². The molecule has 2 aliphatic rings. The summed E-state index contributed by atoms with van der Waals surface area (Å²) >= 11 is 8.28. The van der Waals surface area contributed by atoms with Crippen LogP contribution in [0.5, 0.6) is 11.5 Å². The lowest BCUT2D eigenvalue weighted by atomic mass is 9.83. The molecule has 0 saturated carbocycles. The van der Waals surface area contributed by atoms with Crippen molar-refractivity contribution in [2.45, 2.75) is 18.9 Å². The molecule has 8 heteroatoms. The van der Waals surface area contributed by atoms with Crippen LogP contribution in [0.4, 0.5) is 0 Å². The molecule has 1 atom stereocenters. The third-order valence-corrected chi connectivity index (χ3v) is 8.74. The van der Waals surface area contributed by atoms with Crippen molar-refractivity contribution in [3.8, 4) is 11.5 Å². The largest absolute Gasteiger partial charge is 0.503 e. The molecule has 0 radical (unpaired) electrons. The van der Waals surface area contributed by atoms with Crippen molar-refractivity contribution in [2.24, 2.45) is 4.99 Å². The number of methoxy groups -OCH3 is 1. The summed E-state index contributed by atoms with van der Waals surface area (Å²) in [6.45, 7) is 0. The number of ether oxygens (including phenoxy) is 1. The van der Waals surface area contributed by atoms with Crippen molar-refractivity contribution in [3.05, 3.63) is 117 Å². The van der Waals surface area contributed by atoms with E-state index in [1.165, 1.54) is 29.6 Å². The van der Waals surface area contributed by atoms with Gasteiger partial charge in [0.25, 0.3) is 5.56 Å². The second-order valence-corrected chi connectivity index (χ2v) is 11.5. The summed E-state index contributed by atoms with van der Waals surface area (Å²) in [6.07, 6.45) is 3.59. The molecule has 4 aromatic rings. The van der Waals surface area contributed by atoms with Gasteiger partial charge in [-0.1, -0.05) is 63.7 Å². The van der Waals surface area contributed by atoms with Crippen molar-refractivity contribution in [1.29, 1.82) is 0 Å². The molecule has 2 heterocycles. The maximum atomic E-state index is 13.9. The van der Waals surface area contributed by atoms with Crippen LogP contribution in [0.3, 0.4) is 0 Å². The molecule has 36 heavy (non-hydrogen) atoms. The van der Waals surface area contributed by atoms with Gasteiger partial charge in [0.2, 0.25) is 0 Å². The third-order valence-electron chi connectivity index (χ3n) is 6.63.